The van der Waals surface area contributed by atoms with Crippen LogP contribution in [-0.4, -0.2) is 19.7 Å². The van der Waals surface area contributed by atoms with E-state index < -0.39 is 0 Å². The third-order valence-electron chi connectivity index (χ3n) is 1.84. The molecule has 0 bridgehead atoms. The Morgan fingerprint density at radius 3 is 2.86 bits per heavy atom. The lowest BCUT2D eigenvalue weighted by atomic mass is 10.3. The summed E-state index contributed by atoms with van der Waals surface area (Å²) < 4.78 is 3.32. The van der Waals surface area contributed by atoms with Crippen molar-refractivity contribution in [2.75, 3.05) is 0 Å². The highest BCUT2D eigenvalue weighted by Crippen LogP contribution is 2.18. The molecule has 0 saturated heterocycles. The van der Waals surface area contributed by atoms with Crippen molar-refractivity contribution in [3.63, 3.8) is 0 Å². The fourth-order valence-corrected chi connectivity index (χ4v) is 1.64. The first-order valence-corrected chi connectivity index (χ1v) is 5.11. The molecule has 0 aliphatic rings. The van der Waals surface area contributed by atoms with Gasteiger partial charge in [0.1, 0.15) is 0 Å². The molecule has 0 saturated carbocycles. The summed E-state index contributed by atoms with van der Waals surface area (Å²) >= 11 is 8.37. The third-order valence-corrected chi connectivity index (χ3v) is 2.64. The van der Waals surface area contributed by atoms with Gasteiger partial charge in [-0.05, 0) is 34.2 Å². The molecular formula is C8H7BrN4S. The van der Waals surface area contributed by atoms with Crippen LogP contribution in [0.25, 0.3) is 11.4 Å². The van der Waals surface area contributed by atoms with Crippen LogP contribution in [0.1, 0.15) is 0 Å². The molecule has 0 atom stereocenters. The molecule has 2 aromatic rings. The van der Waals surface area contributed by atoms with Gasteiger partial charge < -0.3 is 4.57 Å². The van der Waals surface area contributed by atoms with E-state index >= 15 is 0 Å². The van der Waals surface area contributed by atoms with Gasteiger partial charge in [0.2, 0.25) is 0 Å². The number of aromatic amines is 1. The summed E-state index contributed by atoms with van der Waals surface area (Å²) in [6.07, 6.45) is 3.47. The van der Waals surface area contributed by atoms with Gasteiger partial charge >= 0.3 is 0 Å². The van der Waals surface area contributed by atoms with Gasteiger partial charge in [-0.3, -0.25) is 10.1 Å². The van der Waals surface area contributed by atoms with E-state index in [2.05, 4.69) is 31.1 Å². The summed E-state index contributed by atoms with van der Waals surface area (Å²) in [7, 11) is 1.86. The van der Waals surface area contributed by atoms with Crippen molar-refractivity contribution < 1.29 is 0 Å². The minimum atomic E-state index is 0.597. The second-order valence-electron chi connectivity index (χ2n) is 2.80. The number of nitrogens with one attached hydrogen (secondary N) is 1. The van der Waals surface area contributed by atoms with Gasteiger partial charge in [-0.25, -0.2) is 0 Å². The van der Waals surface area contributed by atoms with E-state index in [1.54, 1.807) is 17.0 Å². The molecule has 4 nitrogen and oxygen atoms in total. The maximum absolute atomic E-state index is 5.02. The average molecular weight is 271 g/mol. The Morgan fingerprint density at radius 2 is 2.29 bits per heavy atom. The van der Waals surface area contributed by atoms with Crippen molar-refractivity contribution >= 4 is 28.1 Å². The topological polar surface area (TPSA) is 46.5 Å². The zero-order chi connectivity index (χ0) is 10.1. The van der Waals surface area contributed by atoms with Gasteiger partial charge in [-0.2, -0.15) is 5.10 Å². The van der Waals surface area contributed by atoms with Crippen molar-refractivity contribution in [3.8, 4) is 11.4 Å². The lowest BCUT2D eigenvalue weighted by molar-refractivity contribution is 0.901. The van der Waals surface area contributed by atoms with Crippen molar-refractivity contribution in [3.05, 3.63) is 27.7 Å². The highest BCUT2D eigenvalue weighted by molar-refractivity contribution is 9.10. The molecule has 6 heteroatoms. The maximum atomic E-state index is 5.02. The van der Waals surface area contributed by atoms with Gasteiger partial charge in [0, 0.05) is 29.5 Å². The van der Waals surface area contributed by atoms with E-state index in [1.807, 2.05) is 13.1 Å². The summed E-state index contributed by atoms with van der Waals surface area (Å²) in [5.74, 6) is 0.781. The van der Waals surface area contributed by atoms with Gasteiger partial charge in [0.05, 0.1) is 0 Å². The summed E-state index contributed by atoms with van der Waals surface area (Å²) in [5, 5.41) is 6.84. The van der Waals surface area contributed by atoms with Crippen LogP contribution >= 0.6 is 28.1 Å². The van der Waals surface area contributed by atoms with Gasteiger partial charge in [0.15, 0.2) is 10.6 Å². The van der Waals surface area contributed by atoms with Crippen molar-refractivity contribution in [2.24, 2.45) is 7.05 Å². The second kappa shape index (κ2) is 3.62. The van der Waals surface area contributed by atoms with E-state index in [0.717, 1.165) is 15.9 Å². The molecule has 0 unspecified atom stereocenters. The summed E-state index contributed by atoms with van der Waals surface area (Å²) in [6, 6.07) is 1.94. The summed E-state index contributed by atoms with van der Waals surface area (Å²) in [4.78, 5) is 4.06. The third kappa shape index (κ3) is 1.62. The monoisotopic (exact) mass is 270 g/mol. The Hall–Kier alpha value is -1.01. The second-order valence-corrected chi connectivity index (χ2v) is 4.11. The summed E-state index contributed by atoms with van der Waals surface area (Å²) in [6.45, 7) is 0. The molecule has 0 aliphatic carbocycles. The van der Waals surface area contributed by atoms with Crippen molar-refractivity contribution in [2.45, 2.75) is 0 Å². The molecule has 0 fully saturated rings. The molecular weight excluding hydrogens is 264 g/mol. The van der Waals surface area contributed by atoms with Gasteiger partial charge in [-0.15, -0.1) is 0 Å². The van der Waals surface area contributed by atoms with Crippen LogP contribution in [0.3, 0.4) is 0 Å². The molecule has 0 aliphatic heterocycles. The number of pyridine rings is 1. The number of halogens is 1. The lowest BCUT2D eigenvalue weighted by Gasteiger charge is -1.99. The summed E-state index contributed by atoms with van der Waals surface area (Å²) in [5.41, 5.74) is 0.925. The molecule has 14 heavy (non-hydrogen) atoms. The van der Waals surface area contributed by atoms with Crippen LogP contribution in [0.4, 0.5) is 0 Å². The van der Waals surface area contributed by atoms with E-state index in [4.69, 9.17) is 12.2 Å². The molecule has 2 aromatic heterocycles. The standard InChI is InChI=1S/C8H7BrN4S/c1-13-7(11-12-8(13)14)5-2-6(9)4-10-3-5/h2-4H,1H3,(H,12,14). The normalized spacial score (nSPS) is 10.4. The number of nitrogens with zero attached hydrogens (tertiary/aromatic N) is 3. The van der Waals surface area contributed by atoms with Crippen LogP contribution < -0.4 is 0 Å². The zero-order valence-electron chi connectivity index (χ0n) is 7.36. The van der Waals surface area contributed by atoms with Crippen LogP contribution in [-0.2, 0) is 7.05 Å². The van der Waals surface area contributed by atoms with Crippen molar-refractivity contribution in [1.82, 2.24) is 19.7 Å². The number of rotatable bonds is 1. The molecule has 2 heterocycles. The van der Waals surface area contributed by atoms with E-state index in [9.17, 15) is 0 Å². The zero-order valence-corrected chi connectivity index (χ0v) is 9.76. The first-order valence-electron chi connectivity index (χ1n) is 3.91. The smallest absolute Gasteiger partial charge is 0.195 e. The average Bonchev–Trinajstić information content (AvgIpc) is 2.48. The molecule has 0 aromatic carbocycles. The predicted octanol–water partition coefficient (Wildman–Crippen LogP) is 2.30. The lowest BCUT2D eigenvalue weighted by Crippen LogP contribution is -1.92. The quantitative estimate of drug-likeness (QED) is 0.809. The van der Waals surface area contributed by atoms with E-state index in [-0.39, 0.29) is 0 Å². The number of aromatic nitrogens is 4. The number of H-pyrrole nitrogens is 1. The first kappa shape index (κ1) is 9.54. The molecule has 0 amide bonds. The van der Waals surface area contributed by atoms with Crippen LogP contribution in [0.5, 0.6) is 0 Å². The molecule has 2 rings (SSSR count). The van der Waals surface area contributed by atoms with Crippen LogP contribution in [0, 0.1) is 4.77 Å². The van der Waals surface area contributed by atoms with Gasteiger partial charge in [0.25, 0.3) is 0 Å². The number of hydrogen-bond acceptors (Lipinski definition) is 3. The van der Waals surface area contributed by atoms with Crippen LogP contribution in [0.2, 0.25) is 0 Å². The fraction of sp³-hybridized carbons (Fsp3) is 0.125. The SMILES string of the molecule is Cn1c(-c2cncc(Br)c2)n[nH]c1=S. The highest BCUT2D eigenvalue weighted by atomic mass is 79.9. The predicted molar refractivity (Wildman–Crippen MR) is 59.3 cm³/mol. The molecule has 0 spiro atoms. The number of hydrogen-bond donors (Lipinski definition) is 1. The largest absolute Gasteiger partial charge is 0.303 e. The van der Waals surface area contributed by atoms with E-state index in [1.165, 1.54) is 0 Å². The Kier molecular flexibility index (Phi) is 2.47. The fourth-order valence-electron chi connectivity index (χ4n) is 1.14. The van der Waals surface area contributed by atoms with Crippen molar-refractivity contribution in [1.29, 1.82) is 0 Å². The molecule has 1 N–H and O–H groups in total. The van der Waals surface area contributed by atoms with E-state index in [0.29, 0.717) is 4.77 Å². The Morgan fingerprint density at radius 1 is 1.50 bits per heavy atom. The maximum Gasteiger partial charge on any atom is 0.195 e. The highest BCUT2D eigenvalue weighted by Gasteiger charge is 2.05. The molecule has 0 radical (unpaired) electrons. The molecule has 72 valence electrons. The Bertz CT molecular complexity index is 516. The first-order chi connectivity index (χ1) is 6.68. The van der Waals surface area contributed by atoms with Crippen LogP contribution in [0.15, 0.2) is 22.9 Å². The minimum absolute atomic E-state index is 0.597. The Balaban J connectivity index is 2.60. The van der Waals surface area contributed by atoms with Gasteiger partial charge in [-0.1, -0.05) is 0 Å². The Labute approximate surface area is 94.1 Å². The minimum Gasteiger partial charge on any atom is -0.303 e.